The molecule has 1 N–H and O–H groups in total. The molecule has 4 nitrogen and oxygen atoms in total. The van der Waals surface area contributed by atoms with Crippen LogP contribution in [0, 0.1) is 5.92 Å². The quantitative estimate of drug-likeness (QED) is 0.730. The molecule has 1 unspecified atom stereocenters. The van der Waals surface area contributed by atoms with Crippen LogP contribution >= 0.6 is 31.9 Å². The first-order valence-electron chi connectivity index (χ1n) is 6.27. The molecule has 1 aromatic carbocycles. The molecule has 0 fully saturated rings. The van der Waals surface area contributed by atoms with Gasteiger partial charge in [0.2, 0.25) is 0 Å². The molecule has 0 radical (unpaired) electrons. The van der Waals surface area contributed by atoms with Crippen LogP contribution in [-0.2, 0) is 11.2 Å². The third-order valence-corrected chi connectivity index (χ3v) is 4.79. The minimum Gasteiger partial charge on any atom is -0.493 e. The highest BCUT2D eigenvalue weighted by Gasteiger charge is 2.20. The van der Waals surface area contributed by atoms with Crippen LogP contribution < -0.4 is 9.47 Å². The minimum absolute atomic E-state index is 0.332. The number of carbonyl (C=O) groups is 1. The van der Waals surface area contributed by atoms with Gasteiger partial charge in [-0.25, -0.2) is 0 Å². The van der Waals surface area contributed by atoms with E-state index < -0.39 is 5.97 Å². The first-order valence-corrected chi connectivity index (χ1v) is 7.86. The van der Waals surface area contributed by atoms with Crippen LogP contribution in [0.1, 0.15) is 25.3 Å². The van der Waals surface area contributed by atoms with Gasteiger partial charge in [0.05, 0.1) is 24.6 Å². The van der Waals surface area contributed by atoms with Gasteiger partial charge < -0.3 is 14.6 Å². The van der Waals surface area contributed by atoms with Crippen LogP contribution in [0.2, 0.25) is 0 Å². The Labute approximate surface area is 135 Å². The second-order valence-electron chi connectivity index (χ2n) is 4.37. The van der Waals surface area contributed by atoms with Crippen molar-refractivity contribution in [2.75, 3.05) is 14.2 Å². The van der Waals surface area contributed by atoms with E-state index in [2.05, 4.69) is 31.9 Å². The molecular weight excluding hydrogens is 392 g/mol. The summed E-state index contributed by atoms with van der Waals surface area (Å²) >= 11 is 7.01. The second kappa shape index (κ2) is 7.88. The van der Waals surface area contributed by atoms with Gasteiger partial charge in [0, 0.05) is 4.47 Å². The maximum atomic E-state index is 11.1. The first kappa shape index (κ1) is 17.3. The zero-order valence-electron chi connectivity index (χ0n) is 11.7. The normalized spacial score (nSPS) is 12.1. The first-order chi connectivity index (χ1) is 9.46. The van der Waals surface area contributed by atoms with Gasteiger partial charge in [-0.3, -0.25) is 4.79 Å². The van der Waals surface area contributed by atoms with E-state index in [1.165, 1.54) is 0 Å². The topological polar surface area (TPSA) is 55.8 Å². The standard InChI is InChI=1S/C14H18Br2O4/c1-4-8(14(17)18)5-6-9-10(15)7-11(19-2)13(20-3)12(9)16/h7-8H,4-6H2,1-3H3,(H,17,18). The van der Waals surface area contributed by atoms with Gasteiger partial charge in [0.15, 0.2) is 11.5 Å². The molecule has 0 heterocycles. The number of hydrogen-bond acceptors (Lipinski definition) is 3. The lowest BCUT2D eigenvalue weighted by Crippen LogP contribution is -2.13. The Bertz CT molecular complexity index is 489. The molecule has 0 saturated heterocycles. The molecule has 0 saturated carbocycles. The molecule has 1 rings (SSSR count). The summed E-state index contributed by atoms with van der Waals surface area (Å²) in [6.07, 6.45) is 1.85. The number of carboxylic acid groups (broad SMARTS) is 1. The summed E-state index contributed by atoms with van der Waals surface area (Å²) in [7, 11) is 3.15. The van der Waals surface area contributed by atoms with E-state index in [4.69, 9.17) is 14.6 Å². The van der Waals surface area contributed by atoms with E-state index >= 15 is 0 Å². The maximum Gasteiger partial charge on any atom is 0.306 e. The highest BCUT2D eigenvalue weighted by Crippen LogP contribution is 2.42. The Balaban J connectivity index is 3.04. The van der Waals surface area contributed by atoms with Crippen molar-refractivity contribution < 1.29 is 19.4 Å². The zero-order valence-corrected chi connectivity index (χ0v) is 14.9. The van der Waals surface area contributed by atoms with Crippen molar-refractivity contribution in [3.63, 3.8) is 0 Å². The number of ether oxygens (including phenoxy) is 2. The van der Waals surface area contributed by atoms with E-state index in [-0.39, 0.29) is 5.92 Å². The Kier molecular flexibility index (Phi) is 6.82. The highest BCUT2D eigenvalue weighted by molar-refractivity contribution is 9.11. The largest absolute Gasteiger partial charge is 0.493 e. The summed E-state index contributed by atoms with van der Waals surface area (Å²) in [6.45, 7) is 1.89. The Morgan fingerprint density at radius 2 is 2.00 bits per heavy atom. The lowest BCUT2D eigenvalue weighted by molar-refractivity contribution is -0.142. The fraction of sp³-hybridized carbons (Fsp3) is 0.500. The van der Waals surface area contributed by atoms with Crippen molar-refractivity contribution in [2.24, 2.45) is 5.92 Å². The van der Waals surface area contributed by atoms with E-state index in [0.29, 0.717) is 30.8 Å². The molecule has 6 heteroatoms. The van der Waals surface area contributed by atoms with Crippen LogP contribution in [0.15, 0.2) is 15.0 Å². The fourth-order valence-electron chi connectivity index (χ4n) is 2.01. The number of carboxylic acids is 1. The van der Waals surface area contributed by atoms with Gasteiger partial charge >= 0.3 is 5.97 Å². The van der Waals surface area contributed by atoms with Crippen LogP contribution in [-0.4, -0.2) is 25.3 Å². The molecular formula is C14H18Br2O4. The molecule has 0 aliphatic heterocycles. The molecule has 1 atom stereocenters. The van der Waals surface area contributed by atoms with Gasteiger partial charge in [-0.15, -0.1) is 0 Å². The predicted octanol–water partition coefficient (Wildman–Crippen LogP) is 4.27. The highest BCUT2D eigenvalue weighted by atomic mass is 79.9. The summed E-state index contributed by atoms with van der Waals surface area (Å²) in [5.74, 6) is 0.163. The average Bonchev–Trinajstić information content (AvgIpc) is 2.41. The average molecular weight is 410 g/mol. The molecule has 0 bridgehead atoms. The maximum absolute atomic E-state index is 11.1. The van der Waals surface area contributed by atoms with Crippen LogP contribution in [0.25, 0.3) is 0 Å². The molecule has 1 aromatic rings. The lowest BCUT2D eigenvalue weighted by Gasteiger charge is -2.16. The van der Waals surface area contributed by atoms with Gasteiger partial charge in [-0.2, -0.15) is 0 Å². The smallest absolute Gasteiger partial charge is 0.306 e. The molecule has 0 spiro atoms. The van der Waals surface area contributed by atoms with Gasteiger partial charge in [-0.05, 0) is 46.8 Å². The fourth-order valence-corrected chi connectivity index (χ4v) is 3.65. The molecule has 0 aromatic heterocycles. The SMILES string of the molecule is CCC(CCc1c(Br)cc(OC)c(OC)c1Br)C(=O)O. The van der Waals surface area contributed by atoms with E-state index in [1.807, 2.05) is 13.0 Å². The van der Waals surface area contributed by atoms with Crippen molar-refractivity contribution in [2.45, 2.75) is 26.2 Å². The summed E-state index contributed by atoms with van der Waals surface area (Å²) in [4.78, 5) is 11.1. The summed E-state index contributed by atoms with van der Waals surface area (Å²) in [5, 5.41) is 9.10. The minimum atomic E-state index is -0.750. The van der Waals surface area contributed by atoms with Crippen molar-refractivity contribution >= 4 is 37.8 Å². The second-order valence-corrected chi connectivity index (χ2v) is 6.02. The third kappa shape index (κ3) is 3.88. The van der Waals surface area contributed by atoms with Crippen LogP contribution in [0.3, 0.4) is 0 Å². The predicted molar refractivity (Wildman–Crippen MR) is 84.7 cm³/mol. The molecule has 0 aliphatic rings. The van der Waals surface area contributed by atoms with Crippen molar-refractivity contribution in [3.05, 3.63) is 20.6 Å². The summed E-state index contributed by atoms with van der Waals surface area (Å²) in [6, 6.07) is 1.83. The molecule has 20 heavy (non-hydrogen) atoms. The van der Waals surface area contributed by atoms with Gasteiger partial charge in [-0.1, -0.05) is 22.9 Å². The summed E-state index contributed by atoms with van der Waals surface area (Å²) in [5.41, 5.74) is 0.988. The monoisotopic (exact) mass is 408 g/mol. The number of rotatable bonds is 7. The third-order valence-electron chi connectivity index (χ3n) is 3.24. The van der Waals surface area contributed by atoms with Crippen molar-refractivity contribution in [3.8, 4) is 11.5 Å². The Morgan fingerprint density at radius 3 is 2.45 bits per heavy atom. The van der Waals surface area contributed by atoms with Crippen molar-refractivity contribution in [1.82, 2.24) is 0 Å². The Morgan fingerprint density at radius 1 is 1.35 bits per heavy atom. The summed E-state index contributed by atoms with van der Waals surface area (Å²) < 4.78 is 12.3. The van der Waals surface area contributed by atoms with E-state index in [1.54, 1.807) is 14.2 Å². The number of hydrogen-bond donors (Lipinski definition) is 1. The van der Waals surface area contributed by atoms with E-state index in [9.17, 15) is 4.79 Å². The number of methoxy groups -OCH3 is 2. The number of aliphatic carboxylic acids is 1. The van der Waals surface area contributed by atoms with Crippen molar-refractivity contribution in [1.29, 1.82) is 0 Å². The molecule has 112 valence electrons. The van der Waals surface area contributed by atoms with E-state index in [0.717, 1.165) is 14.5 Å². The lowest BCUT2D eigenvalue weighted by atomic mass is 9.97. The number of benzene rings is 1. The van der Waals surface area contributed by atoms with Gasteiger partial charge in [0.25, 0.3) is 0 Å². The molecule has 0 aliphatic carbocycles. The van der Waals surface area contributed by atoms with Gasteiger partial charge in [0.1, 0.15) is 0 Å². The zero-order chi connectivity index (χ0) is 15.3. The van der Waals surface area contributed by atoms with Crippen LogP contribution in [0.4, 0.5) is 0 Å². The Hall–Kier alpha value is -0.750. The number of halogens is 2. The van der Waals surface area contributed by atoms with Crippen LogP contribution in [0.5, 0.6) is 11.5 Å². The molecule has 0 amide bonds.